The van der Waals surface area contributed by atoms with Gasteiger partial charge in [0.1, 0.15) is 9.96 Å². The molecule has 0 aliphatic carbocycles. The zero-order valence-electron chi connectivity index (χ0n) is 15.2. The normalized spacial score (nSPS) is 18.4. The average molecular weight is 448 g/mol. The van der Waals surface area contributed by atoms with Crippen LogP contribution >= 0.6 is 11.3 Å². The number of alkyl halides is 3. The van der Waals surface area contributed by atoms with Gasteiger partial charge in [-0.1, -0.05) is 6.07 Å². The van der Waals surface area contributed by atoms with Gasteiger partial charge in [0.15, 0.2) is 6.61 Å². The van der Waals surface area contributed by atoms with E-state index >= 15 is 0 Å². The van der Waals surface area contributed by atoms with Crippen LogP contribution in [0.4, 0.5) is 18.9 Å². The summed E-state index contributed by atoms with van der Waals surface area (Å²) in [6.45, 7) is -0.955. The van der Waals surface area contributed by atoms with Crippen molar-refractivity contribution < 1.29 is 31.1 Å². The molecule has 1 amide bonds. The van der Waals surface area contributed by atoms with Gasteiger partial charge in [-0.05, 0) is 48.6 Å². The van der Waals surface area contributed by atoms with Crippen LogP contribution in [-0.2, 0) is 14.8 Å². The number of hydrogen-bond donors (Lipinski definition) is 1. The van der Waals surface area contributed by atoms with Crippen LogP contribution in [0.5, 0.6) is 5.75 Å². The maximum atomic E-state index is 12.7. The molecule has 1 atom stereocenters. The number of halogens is 3. The van der Waals surface area contributed by atoms with Crippen LogP contribution in [0.3, 0.4) is 0 Å². The van der Waals surface area contributed by atoms with Gasteiger partial charge in [-0.15, -0.1) is 11.3 Å². The summed E-state index contributed by atoms with van der Waals surface area (Å²) in [4.78, 5) is 12.6. The summed E-state index contributed by atoms with van der Waals surface area (Å²) in [7, 11) is -3.62. The molecule has 1 fully saturated rings. The van der Waals surface area contributed by atoms with Crippen molar-refractivity contribution in [2.24, 2.45) is 5.92 Å². The molecule has 1 saturated heterocycles. The molecule has 2 aromatic rings. The maximum absolute atomic E-state index is 12.7. The third kappa shape index (κ3) is 5.71. The number of sulfonamides is 1. The van der Waals surface area contributed by atoms with E-state index in [4.69, 9.17) is 0 Å². The quantitative estimate of drug-likeness (QED) is 0.731. The van der Waals surface area contributed by atoms with Gasteiger partial charge in [-0.25, -0.2) is 8.42 Å². The lowest BCUT2D eigenvalue weighted by atomic mass is 9.99. The monoisotopic (exact) mass is 448 g/mol. The average Bonchev–Trinajstić information content (AvgIpc) is 3.23. The molecule has 1 aromatic heterocycles. The summed E-state index contributed by atoms with van der Waals surface area (Å²) in [5, 5.41) is 4.37. The van der Waals surface area contributed by atoms with Crippen molar-refractivity contribution in [3.63, 3.8) is 0 Å². The van der Waals surface area contributed by atoms with E-state index in [1.165, 1.54) is 34.6 Å². The van der Waals surface area contributed by atoms with Crippen molar-refractivity contribution in [1.29, 1.82) is 0 Å². The molecule has 29 heavy (non-hydrogen) atoms. The molecule has 3 rings (SSSR count). The summed E-state index contributed by atoms with van der Waals surface area (Å²) in [6.07, 6.45) is -3.31. The molecule has 11 heteroatoms. The van der Waals surface area contributed by atoms with Crippen LogP contribution in [0.25, 0.3) is 0 Å². The number of thiophene rings is 1. The van der Waals surface area contributed by atoms with Crippen LogP contribution in [0.1, 0.15) is 12.8 Å². The number of nitrogens with zero attached hydrogens (tertiary/aromatic N) is 1. The zero-order valence-corrected chi connectivity index (χ0v) is 16.8. The highest BCUT2D eigenvalue weighted by Gasteiger charge is 2.34. The fourth-order valence-corrected chi connectivity index (χ4v) is 5.62. The van der Waals surface area contributed by atoms with Gasteiger partial charge < -0.3 is 10.1 Å². The molecule has 1 aliphatic heterocycles. The van der Waals surface area contributed by atoms with Crippen molar-refractivity contribution in [1.82, 2.24) is 4.31 Å². The number of nitrogens with one attached hydrogen (secondary N) is 1. The highest BCUT2D eigenvalue weighted by Crippen LogP contribution is 2.27. The Morgan fingerprint density at radius 2 is 1.97 bits per heavy atom. The minimum absolute atomic E-state index is 0.0335. The molecule has 2 heterocycles. The molecule has 0 saturated carbocycles. The molecule has 1 N–H and O–H groups in total. The predicted octanol–water partition coefficient (Wildman–Crippen LogP) is 3.73. The SMILES string of the molecule is O=C(Nc1ccc(OCC(F)(F)F)cc1)[C@@H]1CCCN(S(=O)(=O)c2cccs2)C1. The standard InChI is InChI=1S/C18H19F3N2O4S2/c19-18(20,21)12-27-15-7-5-14(6-8-15)22-17(24)13-3-1-9-23(11-13)29(25,26)16-4-2-10-28-16/h2,4-8,10,13H,1,3,9,11-12H2,(H,22,24)/t13-/m1/s1. The largest absolute Gasteiger partial charge is 0.484 e. The van der Waals surface area contributed by atoms with Crippen molar-refractivity contribution >= 4 is 33.0 Å². The summed E-state index contributed by atoms with van der Waals surface area (Å²) >= 11 is 1.13. The van der Waals surface area contributed by atoms with E-state index in [0.29, 0.717) is 25.1 Å². The summed E-state index contributed by atoms with van der Waals surface area (Å²) in [5.41, 5.74) is 0.396. The predicted molar refractivity (Wildman–Crippen MR) is 102 cm³/mol. The number of carbonyl (C=O) groups excluding carboxylic acids is 1. The highest BCUT2D eigenvalue weighted by molar-refractivity contribution is 7.91. The van der Waals surface area contributed by atoms with Crippen molar-refractivity contribution in [3.05, 3.63) is 41.8 Å². The lowest BCUT2D eigenvalue weighted by molar-refractivity contribution is -0.153. The molecule has 158 valence electrons. The van der Waals surface area contributed by atoms with Crippen LogP contribution < -0.4 is 10.1 Å². The highest BCUT2D eigenvalue weighted by atomic mass is 32.2. The Kier molecular flexibility index (Phi) is 6.49. The molecule has 0 spiro atoms. The number of benzene rings is 1. The second-order valence-corrected chi connectivity index (χ2v) is 9.66. The number of amides is 1. The van der Waals surface area contributed by atoms with Crippen molar-refractivity contribution in [2.75, 3.05) is 25.0 Å². The summed E-state index contributed by atoms with van der Waals surface area (Å²) in [5.74, 6) is -0.814. The van der Waals surface area contributed by atoms with E-state index in [2.05, 4.69) is 10.1 Å². The Morgan fingerprint density at radius 1 is 1.24 bits per heavy atom. The van der Waals surface area contributed by atoms with E-state index in [0.717, 1.165) is 11.3 Å². The molecule has 6 nitrogen and oxygen atoms in total. The van der Waals surface area contributed by atoms with Gasteiger partial charge in [0.2, 0.25) is 5.91 Å². The number of hydrogen-bond acceptors (Lipinski definition) is 5. The lowest BCUT2D eigenvalue weighted by Gasteiger charge is -2.30. The molecule has 1 aromatic carbocycles. The molecular formula is C18H19F3N2O4S2. The van der Waals surface area contributed by atoms with Gasteiger partial charge in [0.05, 0.1) is 5.92 Å². The van der Waals surface area contributed by atoms with Crippen LogP contribution in [0.15, 0.2) is 46.0 Å². The van der Waals surface area contributed by atoms with Gasteiger partial charge in [0.25, 0.3) is 10.0 Å². The molecule has 0 radical (unpaired) electrons. The number of ether oxygens (including phenoxy) is 1. The summed E-state index contributed by atoms with van der Waals surface area (Å²) in [6, 6.07) is 8.73. The lowest BCUT2D eigenvalue weighted by Crippen LogP contribution is -2.43. The first-order chi connectivity index (χ1) is 13.6. The van der Waals surface area contributed by atoms with E-state index in [9.17, 15) is 26.4 Å². The van der Waals surface area contributed by atoms with Crippen LogP contribution in [-0.4, -0.2) is 44.5 Å². The van der Waals surface area contributed by atoms with E-state index in [1.807, 2.05) is 0 Å². The zero-order chi connectivity index (χ0) is 21.1. The fourth-order valence-electron chi connectivity index (χ4n) is 2.96. The number of carbonyl (C=O) groups is 1. The first-order valence-corrected chi connectivity index (χ1v) is 11.1. The fraction of sp³-hybridized carbons (Fsp3) is 0.389. The number of rotatable bonds is 6. The Bertz CT molecular complexity index is 929. The smallest absolute Gasteiger partial charge is 0.422 e. The van der Waals surface area contributed by atoms with Crippen molar-refractivity contribution in [3.8, 4) is 5.75 Å². The Labute approximate surface area is 170 Å². The summed E-state index contributed by atoms with van der Waals surface area (Å²) < 4.78 is 68.0. The first-order valence-electron chi connectivity index (χ1n) is 8.79. The second-order valence-electron chi connectivity index (χ2n) is 6.55. The molecule has 1 aliphatic rings. The van der Waals surface area contributed by atoms with Crippen LogP contribution in [0.2, 0.25) is 0 Å². The molecule has 0 unspecified atom stereocenters. The van der Waals surface area contributed by atoms with E-state index in [-0.39, 0.29) is 22.4 Å². The first kappa shape index (κ1) is 21.6. The van der Waals surface area contributed by atoms with Gasteiger partial charge >= 0.3 is 6.18 Å². The third-order valence-corrected chi connectivity index (χ3v) is 7.61. The Morgan fingerprint density at radius 3 is 2.59 bits per heavy atom. The van der Waals surface area contributed by atoms with Gasteiger partial charge in [-0.2, -0.15) is 17.5 Å². The van der Waals surface area contributed by atoms with E-state index < -0.39 is 28.7 Å². The van der Waals surface area contributed by atoms with Gasteiger partial charge in [-0.3, -0.25) is 4.79 Å². The van der Waals surface area contributed by atoms with Crippen LogP contribution in [0, 0.1) is 5.92 Å². The van der Waals surface area contributed by atoms with Crippen molar-refractivity contribution in [2.45, 2.75) is 23.2 Å². The third-order valence-electron chi connectivity index (χ3n) is 4.37. The topological polar surface area (TPSA) is 75.7 Å². The Balaban J connectivity index is 1.59. The minimum Gasteiger partial charge on any atom is -0.484 e. The molecular weight excluding hydrogens is 429 g/mol. The number of piperidine rings is 1. The number of anilines is 1. The minimum atomic E-state index is -4.43. The van der Waals surface area contributed by atoms with E-state index in [1.54, 1.807) is 11.4 Å². The Hall–Kier alpha value is -2.11. The van der Waals surface area contributed by atoms with Gasteiger partial charge in [0, 0.05) is 18.8 Å². The molecule has 0 bridgehead atoms. The maximum Gasteiger partial charge on any atom is 0.422 e. The second kappa shape index (κ2) is 8.72.